The molecule has 6 heteroatoms. The summed E-state index contributed by atoms with van der Waals surface area (Å²) in [6, 6.07) is 7.21. The maximum Gasteiger partial charge on any atom is 0.178 e. The van der Waals surface area contributed by atoms with Gasteiger partial charge in [0.1, 0.15) is 16.5 Å². The van der Waals surface area contributed by atoms with Gasteiger partial charge in [-0.2, -0.15) is 0 Å². The number of aryl methyl sites for hydroxylation is 1. The van der Waals surface area contributed by atoms with Gasteiger partial charge in [0.05, 0.1) is 0 Å². The molecular formula is C19H15ClF2O2S. The van der Waals surface area contributed by atoms with E-state index in [1.54, 1.807) is 12.1 Å². The van der Waals surface area contributed by atoms with Crippen molar-refractivity contribution in [2.75, 3.05) is 6.26 Å². The van der Waals surface area contributed by atoms with Gasteiger partial charge in [-0.05, 0) is 53.8 Å². The summed E-state index contributed by atoms with van der Waals surface area (Å²) < 4.78 is 51.8. The Morgan fingerprint density at radius 3 is 2.44 bits per heavy atom. The molecule has 130 valence electrons. The third-order valence-electron chi connectivity index (χ3n) is 4.16. The molecular weight excluding hydrogens is 366 g/mol. The van der Waals surface area contributed by atoms with Crippen LogP contribution in [0.4, 0.5) is 8.78 Å². The minimum absolute atomic E-state index is 0.0327. The molecule has 0 saturated carbocycles. The predicted octanol–water partition coefficient (Wildman–Crippen LogP) is 5.20. The maximum absolute atomic E-state index is 14.5. The molecule has 1 aliphatic carbocycles. The number of hydrogen-bond acceptors (Lipinski definition) is 2. The second kappa shape index (κ2) is 6.39. The topological polar surface area (TPSA) is 34.1 Å². The Balaban J connectivity index is 2.18. The average molecular weight is 381 g/mol. The van der Waals surface area contributed by atoms with Gasteiger partial charge in [0.2, 0.25) is 0 Å². The Kier molecular flexibility index (Phi) is 4.56. The van der Waals surface area contributed by atoms with Crippen LogP contribution in [0.25, 0.3) is 11.1 Å². The van der Waals surface area contributed by atoms with Gasteiger partial charge in [-0.3, -0.25) is 0 Å². The van der Waals surface area contributed by atoms with E-state index in [4.69, 9.17) is 11.6 Å². The molecule has 0 heterocycles. The summed E-state index contributed by atoms with van der Waals surface area (Å²) in [5.41, 5.74) is 3.12. The largest absolute Gasteiger partial charge is 0.224 e. The van der Waals surface area contributed by atoms with Crippen molar-refractivity contribution in [3.05, 3.63) is 75.8 Å². The van der Waals surface area contributed by atoms with Gasteiger partial charge in [-0.25, -0.2) is 17.2 Å². The van der Waals surface area contributed by atoms with Crippen molar-refractivity contribution in [1.29, 1.82) is 0 Å². The van der Waals surface area contributed by atoms with Crippen LogP contribution in [0.15, 0.2) is 47.4 Å². The maximum atomic E-state index is 14.5. The molecule has 0 spiro atoms. The third kappa shape index (κ3) is 3.39. The highest BCUT2D eigenvalue weighted by molar-refractivity contribution is 7.90. The second-order valence-corrected chi connectivity index (χ2v) is 8.39. The molecule has 0 unspecified atom stereocenters. The molecule has 0 aliphatic heterocycles. The lowest BCUT2D eigenvalue weighted by Gasteiger charge is -2.12. The van der Waals surface area contributed by atoms with Gasteiger partial charge < -0.3 is 0 Å². The number of benzene rings is 2. The molecule has 0 bridgehead atoms. The highest BCUT2D eigenvalue weighted by atomic mass is 35.5. The Labute approximate surface area is 150 Å². The fraction of sp³-hybridized carbons (Fsp3) is 0.158. The van der Waals surface area contributed by atoms with E-state index >= 15 is 0 Å². The first-order valence-corrected chi connectivity index (χ1v) is 9.81. The quantitative estimate of drug-likeness (QED) is 0.733. The van der Waals surface area contributed by atoms with Crippen LogP contribution in [0.3, 0.4) is 0 Å². The molecule has 0 atom stereocenters. The van der Waals surface area contributed by atoms with Crippen LogP contribution in [0.1, 0.15) is 23.1 Å². The van der Waals surface area contributed by atoms with E-state index in [2.05, 4.69) is 0 Å². The number of sulfone groups is 1. The van der Waals surface area contributed by atoms with Crippen molar-refractivity contribution < 1.29 is 17.2 Å². The molecule has 25 heavy (non-hydrogen) atoms. The van der Waals surface area contributed by atoms with Crippen molar-refractivity contribution >= 4 is 32.6 Å². The molecule has 0 amide bonds. The van der Waals surface area contributed by atoms with Crippen LogP contribution < -0.4 is 0 Å². The van der Waals surface area contributed by atoms with E-state index in [9.17, 15) is 17.2 Å². The van der Waals surface area contributed by atoms with E-state index in [0.717, 1.165) is 35.1 Å². The molecule has 0 aromatic heterocycles. The van der Waals surface area contributed by atoms with Crippen LogP contribution in [0.2, 0.25) is 5.02 Å². The number of hydrogen-bond donors (Lipinski definition) is 0. The molecule has 1 aliphatic rings. The lowest BCUT2D eigenvalue weighted by atomic mass is 9.95. The van der Waals surface area contributed by atoms with Crippen molar-refractivity contribution in [3.8, 4) is 0 Å². The fourth-order valence-electron chi connectivity index (χ4n) is 2.83. The minimum Gasteiger partial charge on any atom is -0.224 e. The van der Waals surface area contributed by atoms with Gasteiger partial charge in [-0.15, -0.1) is 0 Å². The molecule has 2 nitrogen and oxygen atoms in total. The lowest BCUT2D eigenvalue weighted by Crippen LogP contribution is -2.04. The molecule has 2 aromatic carbocycles. The number of halogens is 3. The van der Waals surface area contributed by atoms with Gasteiger partial charge >= 0.3 is 0 Å². The van der Waals surface area contributed by atoms with Gasteiger partial charge in [-0.1, -0.05) is 35.9 Å². The summed E-state index contributed by atoms with van der Waals surface area (Å²) in [5.74, 6) is -1.74. The van der Waals surface area contributed by atoms with Crippen LogP contribution >= 0.6 is 11.6 Å². The normalized spacial score (nSPS) is 14.4. The summed E-state index contributed by atoms with van der Waals surface area (Å²) in [6.07, 6.45) is 4.96. The number of allylic oxidation sites excluding steroid dienone is 4. The molecule has 3 rings (SSSR count). The minimum atomic E-state index is -3.84. The zero-order valence-corrected chi connectivity index (χ0v) is 15.2. The second-order valence-electron chi connectivity index (χ2n) is 6.00. The van der Waals surface area contributed by atoms with Gasteiger partial charge in [0.25, 0.3) is 0 Å². The number of rotatable bonds is 3. The van der Waals surface area contributed by atoms with Gasteiger partial charge in [0, 0.05) is 16.8 Å². The van der Waals surface area contributed by atoms with E-state index < -0.39 is 26.4 Å². The van der Waals surface area contributed by atoms with Crippen LogP contribution in [0.5, 0.6) is 0 Å². The monoisotopic (exact) mass is 380 g/mol. The molecule has 0 saturated heterocycles. The van der Waals surface area contributed by atoms with E-state index in [-0.39, 0.29) is 5.56 Å². The van der Waals surface area contributed by atoms with Crippen molar-refractivity contribution in [2.24, 2.45) is 0 Å². The summed E-state index contributed by atoms with van der Waals surface area (Å²) in [5, 5.41) is 0.593. The molecule has 0 fully saturated rings. The van der Waals surface area contributed by atoms with Crippen LogP contribution in [-0.2, 0) is 9.84 Å². The summed E-state index contributed by atoms with van der Waals surface area (Å²) in [4.78, 5) is -0.642. The van der Waals surface area contributed by atoms with E-state index in [1.807, 2.05) is 25.1 Å². The smallest absolute Gasteiger partial charge is 0.178 e. The first-order valence-electron chi connectivity index (χ1n) is 7.54. The predicted molar refractivity (Wildman–Crippen MR) is 96.2 cm³/mol. The van der Waals surface area contributed by atoms with Gasteiger partial charge in [0.15, 0.2) is 9.84 Å². The zero-order chi connectivity index (χ0) is 18.4. The standard InChI is InChI=1S/C19H15ClF2O2S/c1-11-6-7-12(8-16(11)20)13-4-3-5-14(13)15-9-18(22)19(10-17(15)21)25(2,23)24/h3,5-10H,4H2,1-2H3. The highest BCUT2D eigenvalue weighted by Gasteiger charge is 2.22. The summed E-state index contributed by atoms with van der Waals surface area (Å²) >= 11 is 6.17. The van der Waals surface area contributed by atoms with Crippen molar-refractivity contribution in [2.45, 2.75) is 18.2 Å². The highest BCUT2D eigenvalue weighted by Crippen LogP contribution is 2.38. The average Bonchev–Trinajstić information content (AvgIpc) is 3.00. The fourth-order valence-corrected chi connectivity index (χ4v) is 3.74. The Morgan fingerprint density at radius 2 is 1.80 bits per heavy atom. The zero-order valence-electron chi connectivity index (χ0n) is 13.6. The first kappa shape index (κ1) is 17.8. The SMILES string of the molecule is Cc1ccc(C2=C(c3cc(F)c(S(C)(=O)=O)cc3F)C=CC2)cc1Cl. The van der Waals surface area contributed by atoms with E-state index in [0.29, 0.717) is 17.0 Å². The van der Waals surface area contributed by atoms with Crippen molar-refractivity contribution in [3.63, 3.8) is 0 Å². The molecule has 0 N–H and O–H groups in total. The summed E-state index contributed by atoms with van der Waals surface area (Å²) in [7, 11) is -3.84. The molecule has 2 aromatic rings. The van der Waals surface area contributed by atoms with E-state index in [1.165, 1.54) is 0 Å². The Hall–Kier alpha value is -1.98. The first-order chi connectivity index (χ1) is 11.7. The Bertz CT molecular complexity index is 1040. The lowest BCUT2D eigenvalue weighted by molar-refractivity contribution is 0.554. The van der Waals surface area contributed by atoms with Crippen LogP contribution in [0, 0.1) is 18.6 Å². The molecule has 0 radical (unpaired) electrons. The third-order valence-corrected chi connectivity index (χ3v) is 5.68. The van der Waals surface area contributed by atoms with Crippen LogP contribution in [-0.4, -0.2) is 14.7 Å². The summed E-state index contributed by atoms with van der Waals surface area (Å²) in [6.45, 7) is 1.88. The van der Waals surface area contributed by atoms with Crippen molar-refractivity contribution in [1.82, 2.24) is 0 Å². The Morgan fingerprint density at radius 1 is 1.08 bits per heavy atom.